The number of aromatic nitrogens is 2. The van der Waals surface area contributed by atoms with Crippen molar-refractivity contribution in [2.75, 3.05) is 30.0 Å². The number of nitrogens with zero attached hydrogens (tertiary/aromatic N) is 3. The highest BCUT2D eigenvalue weighted by molar-refractivity contribution is 6.01. The standard InChI is InChI=1S/C23H28N4O5.C2H6/c1-2-4-16-11-24-21(10-20(16)32-18-6-8-31-14-18)26-23(30)27-7-3-5-15-9-17(12-28)19(13-29)25-22(15)27;1-2/h9-11,13,18,28H,2-8,12,14H2,1H3,(H,24,26,30);1-2H3. The minimum atomic E-state index is -0.377. The van der Waals surface area contributed by atoms with Crippen LogP contribution in [0.2, 0.25) is 0 Å². The van der Waals surface area contributed by atoms with E-state index in [0.717, 1.165) is 43.2 Å². The van der Waals surface area contributed by atoms with E-state index >= 15 is 0 Å². The SMILES string of the molecule is CC.CCCc1cnc(NC(=O)N2CCCc3cc(CO)c(C=O)nc32)cc1OC1CCOC1. The monoisotopic (exact) mass is 470 g/mol. The van der Waals surface area contributed by atoms with E-state index in [1.807, 2.05) is 13.8 Å². The molecular weight excluding hydrogens is 436 g/mol. The van der Waals surface area contributed by atoms with E-state index < -0.39 is 0 Å². The number of aliphatic hydroxyl groups is 1. The van der Waals surface area contributed by atoms with Crippen LogP contribution in [-0.2, 0) is 24.2 Å². The largest absolute Gasteiger partial charge is 0.487 e. The van der Waals surface area contributed by atoms with Gasteiger partial charge in [0.05, 0.1) is 19.8 Å². The molecule has 2 aromatic heterocycles. The highest BCUT2D eigenvalue weighted by atomic mass is 16.5. The zero-order chi connectivity index (χ0) is 24.5. The first-order valence-electron chi connectivity index (χ1n) is 12.0. The molecule has 2 aliphatic rings. The Bertz CT molecular complexity index is 992. The van der Waals surface area contributed by atoms with Gasteiger partial charge in [0, 0.05) is 36.4 Å². The lowest BCUT2D eigenvalue weighted by molar-refractivity contribution is 0.111. The summed E-state index contributed by atoms with van der Waals surface area (Å²) in [7, 11) is 0. The summed E-state index contributed by atoms with van der Waals surface area (Å²) in [5.74, 6) is 1.54. The summed E-state index contributed by atoms with van der Waals surface area (Å²) in [6.45, 7) is 7.53. The Kier molecular flexibility index (Phi) is 9.35. The molecule has 0 aliphatic carbocycles. The molecule has 1 fully saturated rings. The van der Waals surface area contributed by atoms with Crippen LogP contribution in [0.5, 0.6) is 5.75 Å². The number of amides is 2. The van der Waals surface area contributed by atoms with Gasteiger partial charge in [0.15, 0.2) is 6.29 Å². The van der Waals surface area contributed by atoms with Crippen molar-refractivity contribution in [3.8, 4) is 5.75 Å². The van der Waals surface area contributed by atoms with Crippen molar-refractivity contribution in [2.24, 2.45) is 0 Å². The Hall–Kier alpha value is -3.04. The predicted molar refractivity (Wildman–Crippen MR) is 130 cm³/mol. The topological polar surface area (TPSA) is 114 Å². The van der Waals surface area contributed by atoms with Gasteiger partial charge in [-0.2, -0.15) is 0 Å². The molecule has 0 saturated carbocycles. The molecule has 0 radical (unpaired) electrons. The van der Waals surface area contributed by atoms with E-state index in [1.165, 1.54) is 4.90 Å². The van der Waals surface area contributed by atoms with Gasteiger partial charge < -0.3 is 14.6 Å². The fraction of sp³-hybridized carbons (Fsp3) is 0.520. The van der Waals surface area contributed by atoms with E-state index in [-0.39, 0.29) is 24.4 Å². The zero-order valence-corrected chi connectivity index (χ0v) is 20.2. The predicted octanol–water partition coefficient (Wildman–Crippen LogP) is 3.91. The van der Waals surface area contributed by atoms with Crippen LogP contribution in [0.4, 0.5) is 16.4 Å². The molecule has 184 valence electrons. The molecule has 34 heavy (non-hydrogen) atoms. The number of urea groups is 1. The van der Waals surface area contributed by atoms with Crippen LogP contribution in [0, 0.1) is 0 Å². The summed E-state index contributed by atoms with van der Waals surface area (Å²) >= 11 is 0. The maximum absolute atomic E-state index is 13.1. The summed E-state index contributed by atoms with van der Waals surface area (Å²) in [4.78, 5) is 34.7. The maximum Gasteiger partial charge on any atom is 0.328 e. The second-order valence-corrected chi connectivity index (χ2v) is 8.01. The number of aliphatic hydroxyl groups excluding tert-OH is 1. The van der Waals surface area contributed by atoms with Crippen LogP contribution in [0.3, 0.4) is 0 Å². The molecule has 2 amide bonds. The van der Waals surface area contributed by atoms with Crippen molar-refractivity contribution < 1.29 is 24.2 Å². The fourth-order valence-corrected chi connectivity index (χ4v) is 4.05. The Labute approximate surface area is 200 Å². The van der Waals surface area contributed by atoms with Gasteiger partial charge in [0.2, 0.25) is 0 Å². The number of hydrogen-bond acceptors (Lipinski definition) is 7. The van der Waals surface area contributed by atoms with Gasteiger partial charge in [-0.1, -0.05) is 27.2 Å². The molecule has 9 nitrogen and oxygen atoms in total. The number of hydrogen-bond donors (Lipinski definition) is 2. The van der Waals surface area contributed by atoms with E-state index in [4.69, 9.17) is 9.47 Å². The quantitative estimate of drug-likeness (QED) is 0.590. The van der Waals surface area contributed by atoms with Crippen LogP contribution < -0.4 is 15.0 Å². The number of fused-ring (bicyclic) bond motifs is 1. The van der Waals surface area contributed by atoms with E-state index in [0.29, 0.717) is 49.0 Å². The first-order chi connectivity index (χ1) is 16.6. The number of carbonyl (C=O) groups excluding carboxylic acids is 2. The molecule has 2 aromatic rings. The molecule has 2 aliphatic heterocycles. The van der Waals surface area contributed by atoms with Gasteiger partial charge in [0.1, 0.15) is 29.2 Å². The normalized spacial score (nSPS) is 16.8. The number of pyridine rings is 2. The van der Waals surface area contributed by atoms with E-state index in [9.17, 15) is 14.7 Å². The van der Waals surface area contributed by atoms with Crippen LogP contribution in [-0.4, -0.2) is 53.3 Å². The minimum absolute atomic E-state index is 0.00258. The van der Waals surface area contributed by atoms with Crippen molar-refractivity contribution in [2.45, 2.75) is 65.6 Å². The molecule has 1 unspecified atom stereocenters. The molecule has 0 bridgehead atoms. The summed E-state index contributed by atoms with van der Waals surface area (Å²) in [5.41, 5.74) is 2.43. The summed E-state index contributed by atoms with van der Waals surface area (Å²) in [6.07, 6.45) is 6.44. The third-order valence-electron chi connectivity index (χ3n) is 5.68. The van der Waals surface area contributed by atoms with Crippen molar-refractivity contribution in [3.05, 3.63) is 40.7 Å². The Morgan fingerprint density at radius 1 is 1.35 bits per heavy atom. The van der Waals surface area contributed by atoms with Gasteiger partial charge >= 0.3 is 6.03 Å². The average molecular weight is 471 g/mol. The van der Waals surface area contributed by atoms with E-state index in [2.05, 4.69) is 22.2 Å². The van der Waals surface area contributed by atoms with Crippen LogP contribution in [0.15, 0.2) is 18.3 Å². The number of anilines is 2. The Morgan fingerprint density at radius 3 is 2.85 bits per heavy atom. The second-order valence-electron chi connectivity index (χ2n) is 8.01. The van der Waals surface area contributed by atoms with Crippen molar-refractivity contribution in [1.29, 1.82) is 0 Å². The summed E-state index contributed by atoms with van der Waals surface area (Å²) in [6, 6.07) is 3.13. The number of aldehydes is 1. The lowest BCUT2D eigenvalue weighted by Gasteiger charge is -2.29. The number of aryl methyl sites for hydroxylation is 2. The van der Waals surface area contributed by atoms with Crippen LogP contribution >= 0.6 is 0 Å². The molecule has 0 spiro atoms. The van der Waals surface area contributed by atoms with Gasteiger partial charge in [-0.15, -0.1) is 0 Å². The molecule has 0 aromatic carbocycles. The lowest BCUT2D eigenvalue weighted by atomic mass is 10.0. The van der Waals surface area contributed by atoms with Crippen molar-refractivity contribution in [3.63, 3.8) is 0 Å². The maximum atomic E-state index is 13.1. The molecule has 1 atom stereocenters. The third kappa shape index (κ3) is 5.90. The number of nitrogens with one attached hydrogen (secondary N) is 1. The lowest BCUT2D eigenvalue weighted by Crippen LogP contribution is -2.40. The van der Waals surface area contributed by atoms with Gasteiger partial charge in [-0.05, 0) is 30.9 Å². The van der Waals surface area contributed by atoms with Crippen LogP contribution in [0.25, 0.3) is 0 Å². The molecular formula is C25H34N4O5. The molecule has 9 heteroatoms. The first kappa shape index (κ1) is 25.6. The minimum Gasteiger partial charge on any atom is -0.487 e. The Morgan fingerprint density at radius 2 is 2.18 bits per heavy atom. The van der Waals surface area contributed by atoms with E-state index in [1.54, 1.807) is 18.3 Å². The molecule has 4 rings (SSSR count). The summed E-state index contributed by atoms with van der Waals surface area (Å²) < 4.78 is 11.5. The highest BCUT2D eigenvalue weighted by Gasteiger charge is 2.26. The van der Waals surface area contributed by atoms with Gasteiger partial charge in [-0.25, -0.2) is 14.8 Å². The van der Waals surface area contributed by atoms with Crippen molar-refractivity contribution >= 4 is 24.0 Å². The van der Waals surface area contributed by atoms with Gasteiger partial charge in [0.25, 0.3) is 0 Å². The van der Waals surface area contributed by atoms with Gasteiger partial charge in [-0.3, -0.25) is 15.0 Å². The zero-order valence-electron chi connectivity index (χ0n) is 20.2. The number of carbonyl (C=O) groups is 2. The number of rotatable bonds is 7. The molecule has 1 saturated heterocycles. The second kappa shape index (κ2) is 12.4. The smallest absolute Gasteiger partial charge is 0.328 e. The molecule has 2 N–H and O–H groups in total. The highest BCUT2D eigenvalue weighted by Crippen LogP contribution is 2.29. The summed E-state index contributed by atoms with van der Waals surface area (Å²) in [5, 5.41) is 12.3. The Balaban J connectivity index is 0.00000158. The number of ether oxygens (including phenoxy) is 2. The van der Waals surface area contributed by atoms with Crippen molar-refractivity contribution in [1.82, 2.24) is 9.97 Å². The first-order valence-corrected chi connectivity index (χ1v) is 12.0. The third-order valence-corrected chi connectivity index (χ3v) is 5.68. The average Bonchev–Trinajstić information content (AvgIpc) is 3.38. The molecule has 4 heterocycles. The fourth-order valence-electron chi connectivity index (χ4n) is 4.05. The van der Waals surface area contributed by atoms with Crippen LogP contribution in [0.1, 0.15) is 67.2 Å².